The van der Waals surface area contributed by atoms with E-state index in [1.165, 1.54) is 0 Å². The Morgan fingerprint density at radius 1 is 0.588 bits per heavy atom. The zero-order chi connectivity index (χ0) is 54.7. The number of hydrogen-bond acceptors (Lipinski definition) is 6. The SMILES string of the molecule is COc1ccc2[nH]c3cc(Cl)ccc3c(=[NH+]CCCCCCCCN=C(O)c3ccc(C4=C5C=CC(=N5)C(=C5C=CN(C)C=C5)C5=NC(=C(c6cc[n+](C)cc6)c6ccc([nH]6)C(c6cc[n+](C)cc6)=C6C=CC4=N6)C=C5)cc3)c2c1. The van der Waals surface area contributed by atoms with E-state index in [0.717, 1.165) is 168 Å². The van der Waals surface area contributed by atoms with Crippen molar-refractivity contribution in [2.24, 2.45) is 34.1 Å². The van der Waals surface area contributed by atoms with Gasteiger partial charge >= 0.3 is 0 Å². The molecule has 0 aliphatic carbocycles. The van der Waals surface area contributed by atoms with Gasteiger partial charge in [0.1, 0.15) is 26.4 Å². The van der Waals surface area contributed by atoms with Gasteiger partial charge in [0.25, 0.3) is 0 Å². The molecular formula is C67H62ClN10O2+3. The Kier molecular flexibility index (Phi) is 14.6. The molecule has 4 N–H and O–H groups in total. The highest BCUT2D eigenvalue weighted by atomic mass is 35.5. The second kappa shape index (κ2) is 22.6. The molecule has 0 fully saturated rings. The Labute approximate surface area is 470 Å². The standard InChI is InChI=1S/C67H60ClN10O2/c1-76-35-27-44(28-36-76)63-55-21-19-53(72-55)62(54-20-22-56(73-54)64(45-29-37-77(2)38-30-45)58-24-26-60(75-58)65(59-25-23-57(63)74-59)46-31-39-78(3)40-32-46)43-11-13-47(14-12-43)67(79)70-34-10-8-6-5-7-9-33-69-66-50-17-15-48(68)41-61(50)71-52-18-16-49(80-4)42-51(52)66/h11-32,35-42H,5-10,33-34H2,1-4H3,(H2-,69,70,71,72,73,74,75,79)/q+1/p+2. The number of aliphatic hydroxyl groups is 1. The van der Waals surface area contributed by atoms with Gasteiger partial charge in [0.05, 0.1) is 63.1 Å². The van der Waals surface area contributed by atoms with Crippen LogP contribution in [0.25, 0.3) is 38.5 Å². The Bertz CT molecular complexity index is 4110. The summed E-state index contributed by atoms with van der Waals surface area (Å²) in [6, 6.07) is 32.8. The smallest absolute Gasteiger partial charge is 0.217 e. The van der Waals surface area contributed by atoms with Gasteiger partial charge in [-0.05, 0) is 144 Å². The number of aromatic nitrogens is 4. The van der Waals surface area contributed by atoms with Crippen molar-refractivity contribution in [2.75, 3.05) is 27.2 Å². The molecule has 3 aromatic carbocycles. The second-order valence-electron chi connectivity index (χ2n) is 20.6. The summed E-state index contributed by atoms with van der Waals surface area (Å²) in [4.78, 5) is 34.1. The van der Waals surface area contributed by atoms with Crippen LogP contribution < -0.4 is 24.2 Å². The molecule has 4 aromatic heterocycles. The van der Waals surface area contributed by atoms with Gasteiger partial charge < -0.3 is 24.7 Å². The number of nitrogens with zero attached hydrogens (tertiary/aromatic N) is 7. The van der Waals surface area contributed by atoms with Crippen molar-refractivity contribution in [1.82, 2.24) is 14.9 Å². The van der Waals surface area contributed by atoms with Crippen molar-refractivity contribution in [1.29, 1.82) is 0 Å². The van der Waals surface area contributed by atoms with Gasteiger partial charge in [-0.3, -0.25) is 4.99 Å². The number of benzene rings is 3. The molecule has 0 spiro atoms. The fraction of sp³-hybridized carbons (Fsp3) is 0.179. The summed E-state index contributed by atoms with van der Waals surface area (Å²) in [5, 5.41) is 15.3. The van der Waals surface area contributed by atoms with Crippen LogP contribution in [0.4, 0.5) is 0 Å². The maximum atomic E-state index is 11.3. The van der Waals surface area contributed by atoms with E-state index in [0.29, 0.717) is 17.1 Å². The van der Waals surface area contributed by atoms with E-state index in [1.807, 2.05) is 83.7 Å². The Morgan fingerprint density at radius 3 is 1.76 bits per heavy atom. The molecular weight excluding hydrogens is 1010 g/mol. The summed E-state index contributed by atoms with van der Waals surface area (Å²) in [6.07, 6.45) is 35.5. The molecule has 9 heterocycles. The van der Waals surface area contributed by atoms with Gasteiger partial charge in [-0.2, -0.15) is 0 Å². The summed E-state index contributed by atoms with van der Waals surface area (Å²) in [6.45, 7) is 1.41. The molecule has 0 atom stereocenters. The molecule has 0 saturated carbocycles. The summed E-state index contributed by atoms with van der Waals surface area (Å²) in [5.41, 5.74) is 17.1. The van der Waals surface area contributed by atoms with Crippen molar-refractivity contribution < 1.29 is 24.0 Å². The van der Waals surface area contributed by atoms with Crippen molar-refractivity contribution in [3.63, 3.8) is 0 Å². The van der Waals surface area contributed by atoms with E-state index in [1.54, 1.807) is 7.11 Å². The number of pyridine rings is 3. The van der Waals surface area contributed by atoms with Crippen LogP contribution in [0.3, 0.4) is 0 Å². The lowest BCUT2D eigenvalue weighted by molar-refractivity contribution is -0.671. The second-order valence-corrected chi connectivity index (χ2v) is 21.1. The van der Waals surface area contributed by atoms with Crippen LogP contribution in [0, 0.1) is 0 Å². The summed E-state index contributed by atoms with van der Waals surface area (Å²) >= 11 is 6.37. The van der Waals surface area contributed by atoms with E-state index < -0.39 is 0 Å². The summed E-state index contributed by atoms with van der Waals surface area (Å²) in [7, 11) is 7.76. The van der Waals surface area contributed by atoms with Gasteiger partial charge in [0, 0.05) is 101 Å². The fourth-order valence-corrected chi connectivity index (χ4v) is 11.0. The van der Waals surface area contributed by atoms with Gasteiger partial charge in [0.2, 0.25) is 11.3 Å². The highest BCUT2D eigenvalue weighted by Gasteiger charge is 2.28. The molecule has 5 aliphatic heterocycles. The average molecular weight is 1070 g/mol. The number of methoxy groups -OCH3 is 1. The quantitative estimate of drug-likeness (QED) is 0.0284. The van der Waals surface area contributed by atoms with Crippen molar-refractivity contribution in [3.05, 3.63) is 255 Å². The Hall–Kier alpha value is -9.26. The number of aliphatic imine (C=N–C) groups is 4. The van der Waals surface area contributed by atoms with Crippen molar-refractivity contribution in [3.8, 4) is 5.75 Å². The van der Waals surface area contributed by atoms with Crippen LogP contribution in [0.1, 0.15) is 72.2 Å². The third kappa shape index (κ3) is 10.7. The Balaban J connectivity index is 0.804. The first kappa shape index (κ1) is 51.5. The molecule has 396 valence electrons. The molecule has 0 unspecified atom stereocenters. The van der Waals surface area contributed by atoms with Crippen molar-refractivity contribution in [2.45, 2.75) is 38.5 Å². The van der Waals surface area contributed by atoms with E-state index in [4.69, 9.17) is 31.3 Å². The largest absolute Gasteiger partial charge is 0.497 e. The lowest BCUT2D eigenvalue weighted by atomic mass is 9.97. The number of H-pyrrole nitrogens is 2. The molecule has 12 nitrogen and oxygen atoms in total. The lowest BCUT2D eigenvalue weighted by Gasteiger charge is -2.16. The number of ether oxygens (including phenoxy) is 1. The van der Waals surface area contributed by atoms with E-state index in [-0.39, 0.29) is 5.90 Å². The maximum absolute atomic E-state index is 11.3. The maximum Gasteiger partial charge on any atom is 0.217 e. The monoisotopic (exact) mass is 1070 g/mol. The summed E-state index contributed by atoms with van der Waals surface area (Å²) < 4.78 is 9.63. The minimum atomic E-state index is 0.0334. The normalized spacial score (nSPS) is 16.2. The molecule has 0 amide bonds. The van der Waals surface area contributed by atoms with Gasteiger partial charge in [-0.1, -0.05) is 43.0 Å². The number of aryl methyl sites for hydroxylation is 2. The topological polar surface area (TPSA) is 135 Å². The number of fused-ring (bicyclic) bond motifs is 7. The van der Waals surface area contributed by atoms with E-state index in [9.17, 15) is 5.11 Å². The molecule has 5 aliphatic rings. The first-order valence-corrected chi connectivity index (χ1v) is 27.7. The number of aromatic amines is 2. The molecule has 0 saturated heterocycles. The zero-order valence-corrected chi connectivity index (χ0v) is 46.1. The van der Waals surface area contributed by atoms with Gasteiger partial charge in [0.15, 0.2) is 24.8 Å². The molecule has 8 bridgehead atoms. The third-order valence-electron chi connectivity index (χ3n) is 15.1. The Morgan fingerprint density at radius 2 is 1.15 bits per heavy atom. The van der Waals surface area contributed by atoms with Crippen LogP contribution in [0.2, 0.25) is 5.02 Å². The van der Waals surface area contributed by atoms with Crippen LogP contribution in [0.5, 0.6) is 5.75 Å². The minimum Gasteiger partial charge on any atom is -0.497 e. The zero-order valence-electron chi connectivity index (χ0n) is 45.3. The van der Waals surface area contributed by atoms with Crippen LogP contribution in [-0.4, -0.2) is 70.3 Å². The first-order chi connectivity index (χ1) is 39.1. The molecule has 13 heteroatoms. The highest BCUT2D eigenvalue weighted by Crippen LogP contribution is 2.38. The number of hydrogen-bond donors (Lipinski definition) is 4. The number of nitrogens with one attached hydrogen (secondary N) is 3. The van der Waals surface area contributed by atoms with Gasteiger partial charge in [-0.25, -0.2) is 29.1 Å². The first-order valence-electron chi connectivity index (χ1n) is 27.3. The predicted molar refractivity (Wildman–Crippen MR) is 322 cm³/mol. The molecule has 0 radical (unpaired) electrons. The minimum absolute atomic E-state index is 0.0334. The van der Waals surface area contributed by atoms with Crippen LogP contribution in [-0.2, 0) is 14.1 Å². The van der Waals surface area contributed by atoms with Crippen LogP contribution in [0.15, 0.2) is 231 Å². The fourth-order valence-electron chi connectivity index (χ4n) is 10.9. The van der Waals surface area contributed by atoms with E-state index >= 15 is 0 Å². The average Bonchev–Trinajstić information content (AvgIpc) is 4.50. The lowest BCUT2D eigenvalue weighted by Crippen LogP contribution is -2.76. The molecule has 7 aromatic rings. The molecule has 12 rings (SSSR count). The highest BCUT2D eigenvalue weighted by molar-refractivity contribution is 6.36. The summed E-state index contributed by atoms with van der Waals surface area (Å²) in [5.74, 6) is 0.850. The van der Waals surface area contributed by atoms with Crippen LogP contribution >= 0.6 is 11.6 Å². The molecule has 80 heavy (non-hydrogen) atoms. The number of rotatable bonds is 14. The number of unbranched alkanes of at least 4 members (excludes halogenated alkanes) is 5. The number of allylic oxidation sites excluding steroid dienone is 11. The van der Waals surface area contributed by atoms with Gasteiger partial charge in [-0.15, -0.1) is 0 Å². The third-order valence-corrected chi connectivity index (χ3v) is 15.3. The predicted octanol–water partition coefficient (Wildman–Crippen LogP) is 10.5. The number of aliphatic hydroxyl groups excluding tert-OH is 1. The van der Waals surface area contributed by atoms with Crippen molar-refractivity contribution >= 4 is 73.2 Å². The van der Waals surface area contributed by atoms with E-state index in [2.05, 4.69) is 154 Å². The number of halogens is 1.